The minimum atomic E-state index is -0.830. The van der Waals surface area contributed by atoms with Gasteiger partial charge in [0.15, 0.2) is 0 Å². The molecule has 1 aromatic heterocycles. The van der Waals surface area contributed by atoms with Gasteiger partial charge in [-0.05, 0) is 0 Å². The van der Waals surface area contributed by atoms with Crippen LogP contribution in [-0.4, -0.2) is 40.4 Å². The van der Waals surface area contributed by atoms with E-state index in [-0.39, 0.29) is 5.41 Å². The highest BCUT2D eigenvalue weighted by molar-refractivity contribution is 5.47. The third-order valence-corrected chi connectivity index (χ3v) is 3.23. The van der Waals surface area contributed by atoms with Crippen molar-refractivity contribution >= 4 is 11.6 Å². The molecule has 0 aliphatic carbocycles. The van der Waals surface area contributed by atoms with Crippen molar-refractivity contribution in [1.29, 1.82) is 0 Å². The summed E-state index contributed by atoms with van der Waals surface area (Å²) in [5.74, 6) is 7.30. The fourth-order valence-electron chi connectivity index (χ4n) is 1.94. The molecule has 0 amide bonds. The second-order valence-electron chi connectivity index (χ2n) is 6.24. The molecule has 2 rings (SSSR count). The Labute approximate surface area is 118 Å². The van der Waals surface area contributed by atoms with Crippen LogP contribution in [0.2, 0.25) is 0 Å². The van der Waals surface area contributed by atoms with Crippen LogP contribution in [0.4, 0.5) is 11.6 Å². The molecule has 0 saturated carbocycles. The van der Waals surface area contributed by atoms with Crippen molar-refractivity contribution in [3.05, 3.63) is 11.9 Å². The summed E-state index contributed by atoms with van der Waals surface area (Å²) >= 11 is 0. The number of ether oxygens (including phenoxy) is 1. The van der Waals surface area contributed by atoms with Gasteiger partial charge in [-0.1, -0.05) is 20.8 Å². The van der Waals surface area contributed by atoms with Crippen LogP contribution in [0.15, 0.2) is 6.07 Å². The van der Waals surface area contributed by atoms with Crippen molar-refractivity contribution in [2.45, 2.75) is 38.2 Å². The maximum Gasteiger partial charge on any atom is 0.145 e. The molecule has 7 nitrogen and oxygen atoms in total. The molecular weight excluding hydrogens is 258 g/mol. The zero-order valence-corrected chi connectivity index (χ0v) is 12.2. The molecule has 1 aromatic rings. The lowest BCUT2D eigenvalue weighted by molar-refractivity contribution is 0.0381. The first-order chi connectivity index (χ1) is 9.32. The van der Waals surface area contributed by atoms with Gasteiger partial charge in [0.1, 0.15) is 23.1 Å². The molecule has 0 radical (unpaired) electrons. The van der Waals surface area contributed by atoms with Gasteiger partial charge in [-0.2, -0.15) is 0 Å². The monoisotopic (exact) mass is 281 g/mol. The minimum absolute atomic E-state index is 0.184. The van der Waals surface area contributed by atoms with Crippen molar-refractivity contribution in [3.63, 3.8) is 0 Å². The highest BCUT2D eigenvalue weighted by Crippen LogP contribution is 2.23. The highest BCUT2D eigenvalue weighted by atomic mass is 16.5. The lowest BCUT2D eigenvalue weighted by Gasteiger charge is -2.22. The summed E-state index contributed by atoms with van der Waals surface area (Å²) in [5.41, 5.74) is 1.52. The van der Waals surface area contributed by atoms with Gasteiger partial charge in [-0.3, -0.25) is 0 Å². The quantitative estimate of drug-likeness (QED) is 0.473. The minimum Gasteiger partial charge on any atom is -0.386 e. The number of hydrogen-bond acceptors (Lipinski definition) is 7. The summed E-state index contributed by atoms with van der Waals surface area (Å²) in [5, 5.41) is 13.4. The molecule has 112 valence electrons. The third-order valence-electron chi connectivity index (χ3n) is 3.23. The number of rotatable bonds is 4. The Hall–Kier alpha value is -1.44. The van der Waals surface area contributed by atoms with E-state index in [2.05, 4.69) is 20.7 Å². The standard InChI is InChI=1S/C13H23N5O2/c1-12(2,3)11-16-9(6-10(17-11)18-14)15-7-13(19)4-5-20-8-13/h6,19H,4-5,7-8,14H2,1-3H3,(H2,15,16,17,18). The number of hydrogen-bond donors (Lipinski definition) is 4. The number of nitrogen functional groups attached to an aromatic ring is 1. The molecule has 1 saturated heterocycles. The number of nitrogens with zero attached hydrogens (tertiary/aromatic N) is 2. The predicted molar refractivity (Wildman–Crippen MR) is 77.4 cm³/mol. The fraction of sp³-hybridized carbons (Fsp3) is 0.692. The number of anilines is 2. The largest absolute Gasteiger partial charge is 0.386 e. The van der Waals surface area contributed by atoms with Gasteiger partial charge in [0.05, 0.1) is 6.61 Å². The van der Waals surface area contributed by atoms with Crippen LogP contribution in [0.25, 0.3) is 0 Å². The number of nitrogens with one attached hydrogen (secondary N) is 2. The predicted octanol–water partition coefficient (Wildman–Crippen LogP) is 0.623. The molecule has 7 heteroatoms. The second kappa shape index (κ2) is 5.51. The third kappa shape index (κ3) is 3.56. The number of aromatic nitrogens is 2. The molecule has 1 unspecified atom stereocenters. The topological polar surface area (TPSA) is 105 Å². The summed E-state index contributed by atoms with van der Waals surface area (Å²) in [4.78, 5) is 8.82. The Morgan fingerprint density at radius 3 is 2.65 bits per heavy atom. The van der Waals surface area contributed by atoms with Gasteiger partial charge in [-0.25, -0.2) is 15.8 Å². The van der Waals surface area contributed by atoms with Gasteiger partial charge in [0, 0.05) is 31.1 Å². The Kier molecular flexibility index (Phi) is 4.12. The van der Waals surface area contributed by atoms with Crippen LogP contribution in [-0.2, 0) is 10.2 Å². The second-order valence-corrected chi connectivity index (χ2v) is 6.24. The van der Waals surface area contributed by atoms with E-state index in [1.54, 1.807) is 6.07 Å². The summed E-state index contributed by atoms with van der Waals surface area (Å²) in [6.45, 7) is 7.42. The van der Waals surface area contributed by atoms with E-state index in [9.17, 15) is 5.11 Å². The molecule has 2 heterocycles. The van der Waals surface area contributed by atoms with Crippen LogP contribution in [0.3, 0.4) is 0 Å². The van der Waals surface area contributed by atoms with Crippen molar-refractivity contribution < 1.29 is 9.84 Å². The van der Waals surface area contributed by atoms with E-state index < -0.39 is 5.60 Å². The zero-order valence-electron chi connectivity index (χ0n) is 12.2. The molecule has 0 bridgehead atoms. The summed E-state index contributed by atoms with van der Waals surface area (Å²) in [6.07, 6.45) is 0.624. The van der Waals surface area contributed by atoms with Crippen LogP contribution in [0, 0.1) is 0 Å². The average Bonchev–Trinajstić information content (AvgIpc) is 2.82. The summed E-state index contributed by atoms with van der Waals surface area (Å²) < 4.78 is 5.22. The lowest BCUT2D eigenvalue weighted by Crippen LogP contribution is -2.37. The molecule has 1 aliphatic heterocycles. The van der Waals surface area contributed by atoms with Gasteiger partial charge in [0.2, 0.25) is 0 Å². The Bertz CT molecular complexity index is 466. The SMILES string of the molecule is CC(C)(C)c1nc(NN)cc(NCC2(O)CCOC2)n1. The lowest BCUT2D eigenvalue weighted by atomic mass is 9.96. The molecular formula is C13H23N5O2. The number of hydrazine groups is 1. The highest BCUT2D eigenvalue weighted by Gasteiger charge is 2.32. The van der Waals surface area contributed by atoms with Crippen LogP contribution in [0.5, 0.6) is 0 Å². The molecule has 1 fully saturated rings. The normalized spacial score (nSPS) is 22.9. The first-order valence-electron chi connectivity index (χ1n) is 6.73. The first-order valence-corrected chi connectivity index (χ1v) is 6.73. The molecule has 0 spiro atoms. The number of nitrogens with two attached hydrogens (primary N) is 1. The molecule has 20 heavy (non-hydrogen) atoms. The van der Waals surface area contributed by atoms with E-state index in [1.807, 2.05) is 20.8 Å². The Morgan fingerprint density at radius 1 is 1.40 bits per heavy atom. The van der Waals surface area contributed by atoms with Crippen LogP contribution >= 0.6 is 0 Å². The van der Waals surface area contributed by atoms with E-state index in [1.165, 1.54) is 0 Å². The average molecular weight is 281 g/mol. The van der Waals surface area contributed by atoms with Crippen LogP contribution < -0.4 is 16.6 Å². The number of aliphatic hydroxyl groups is 1. The molecule has 0 aromatic carbocycles. The van der Waals surface area contributed by atoms with E-state index in [0.29, 0.717) is 43.6 Å². The zero-order chi connectivity index (χ0) is 14.8. The van der Waals surface area contributed by atoms with Crippen molar-refractivity contribution in [1.82, 2.24) is 9.97 Å². The first kappa shape index (κ1) is 15.0. The maximum absolute atomic E-state index is 10.2. The van der Waals surface area contributed by atoms with Crippen LogP contribution in [0.1, 0.15) is 33.0 Å². The Balaban J connectivity index is 2.14. The maximum atomic E-state index is 10.2. The molecule has 1 aliphatic rings. The van der Waals surface area contributed by atoms with Gasteiger partial charge >= 0.3 is 0 Å². The van der Waals surface area contributed by atoms with E-state index >= 15 is 0 Å². The Morgan fingerprint density at radius 2 is 2.10 bits per heavy atom. The fourth-order valence-corrected chi connectivity index (χ4v) is 1.94. The van der Waals surface area contributed by atoms with E-state index in [0.717, 1.165) is 0 Å². The van der Waals surface area contributed by atoms with Gasteiger partial charge in [-0.15, -0.1) is 0 Å². The van der Waals surface area contributed by atoms with E-state index in [4.69, 9.17) is 10.6 Å². The summed E-state index contributed by atoms with van der Waals surface area (Å²) in [6, 6.07) is 1.72. The van der Waals surface area contributed by atoms with Crippen molar-refractivity contribution in [2.24, 2.45) is 5.84 Å². The van der Waals surface area contributed by atoms with Crippen molar-refractivity contribution in [2.75, 3.05) is 30.5 Å². The smallest absolute Gasteiger partial charge is 0.145 e. The van der Waals surface area contributed by atoms with Crippen molar-refractivity contribution in [3.8, 4) is 0 Å². The molecule has 1 atom stereocenters. The van der Waals surface area contributed by atoms with Gasteiger partial charge in [0.25, 0.3) is 0 Å². The molecule has 5 N–H and O–H groups in total. The summed E-state index contributed by atoms with van der Waals surface area (Å²) in [7, 11) is 0. The van der Waals surface area contributed by atoms with Gasteiger partial charge < -0.3 is 20.6 Å².